The van der Waals surface area contributed by atoms with Crippen molar-refractivity contribution in [2.45, 2.75) is 18.7 Å². The predicted molar refractivity (Wildman–Crippen MR) is 98.0 cm³/mol. The number of hydrogen-bond acceptors (Lipinski definition) is 3. The highest BCUT2D eigenvalue weighted by Gasteiger charge is 2.07. The molecule has 3 aromatic rings. The molecule has 24 heavy (non-hydrogen) atoms. The third-order valence-electron chi connectivity index (χ3n) is 3.82. The number of carbonyl (C=O) groups excluding carboxylic acids is 1. The topological polar surface area (TPSA) is 34.4 Å². The van der Waals surface area contributed by atoms with Gasteiger partial charge in [0.15, 0.2) is 4.80 Å². The van der Waals surface area contributed by atoms with Crippen molar-refractivity contribution < 1.29 is 9.18 Å². The highest BCUT2D eigenvalue weighted by Crippen LogP contribution is 2.21. The predicted octanol–water partition coefficient (Wildman–Crippen LogP) is 4.22. The van der Waals surface area contributed by atoms with Crippen molar-refractivity contribution in [3.8, 4) is 0 Å². The van der Waals surface area contributed by atoms with Gasteiger partial charge in [0.25, 0.3) is 5.91 Å². The molecule has 0 N–H and O–H groups in total. The zero-order valence-corrected chi connectivity index (χ0v) is 15.3. The molecule has 0 spiro atoms. The molecule has 0 fully saturated rings. The fourth-order valence-electron chi connectivity index (χ4n) is 2.30. The Bertz CT molecular complexity index is 971. The van der Waals surface area contributed by atoms with E-state index in [9.17, 15) is 9.18 Å². The van der Waals surface area contributed by atoms with Crippen molar-refractivity contribution in [1.82, 2.24) is 4.57 Å². The number of thioether (sulfide) groups is 1. The maximum atomic E-state index is 12.9. The molecule has 0 saturated heterocycles. The van der Waals surface area contributed by atoms with Crippen LogP contribution < -0.4 is 4.80 Å². The van der Waals surface area contributed by atoms with Gasteiger partial charge in [-0.2, -0.15) is 4.99 Å². The first kappa shape index (κ1) is 16.9. The second-order valence-electron chi connectivity index (χ2n) is 5.60. The summed E-state index contributed by atoms with van der Waals surface area (Å²) in [5.41, 5.74) is 3.54. The van der Waals surface area contributed by atoms with Gasteiger partial charge in [-0.15, -0.1) is 11.8 Å². The van der Waals surface area contributed by atoms with Crippen molar-refractivity contribution in [1.29, 1.82) is 0 Å². The first-order valence-corrected chi connectivity index (χ1v) is 9.27. The van der Waals surface area contributed by atoms with Crippen LogP contribution in [-0.2, 0) is 11.8 Å². The third-order valence-corrected chi connectivity index (χ3v) is 5.91. The van der Waals surface area contributed by atoms with Crippen molar-refractivity contribution >= 4 is 39.2 Å². The standard InChI is InChI=1S/C18H17FN2OS2/c1-11-8-15-16(9-12(11)2)24-18(21(15)3)20-17(22)10-23-14-6-4-13(19)5-7-14/h4-9H,10H2,1-3H3. The smallest absolute Gasteiger partial charge is 0.258 e. The molecule has 0 unspecified atom stereocenters. The van der Waals surface area contributed by atoms with Crippen LogP contribution in [0.2, 0.25) is 0 Å². The summed E-state index contributed by atoms with van der Waals surface area (Å²) in [6.07, 6.45) is 0. The lowest BCUT2D eigenvalue weighted by atomic mass is 10.1. The van der Waals surface area contributed by atoms with E-state index in [-0.39, 0.29) is 17.5 Å². The summed E-state index contributed by atoms with van der Waals surface area (Å²) in [5.74, 6) is -0.240. The molecule has 3 nitrogen and oxygen atoms in total. The van der Waals surface area contributed by atoms with Gasteiger partial charge in [0.1, 0.15) is 5.82 Å². The van der Waals surface area contributed by atoms with E-state index in [1.54, 1.807) is 12.1 Å². The molecule has 1 amide bonds. The fourth-order valence-corrected chi connectivity index (χ4v) is 4.10. The van der Waals surface area contributed by atoms with Gasteiger partial charge in [0.2, 0.25) is 0 Å². The molecule has 0 aliphatic carbocycles. The molecule has 0 atom stereocenters. The first-order valence-electron chi connectivity index (χ1n) is 7.47. The number of rotatable bonds is 3. The number of carbonyl (C=O) groups is 1. The highest BCUT2D eigenvalue weighted by atomic mass is 32.2. The highest BCUT2D eigenvalue weighted by molar-refractivity contribution is 8.00. The van der Waals surface area contributed by atoms with Crippen LogP contribution in [0.4, 0.5) is 4.39 Å². The number of aromatic nitrogens is 1. The van der Waals surface area contributed by atoms with Gasteiger partial charge >= 0.3 is 0 Å². The summed E-state index contributed by atoms with van der Waals surface area (Å²) in [7, 11) is 1.92. The van der Waals surface area contributed by atoms with Crippen molar-refractivity contribution in [3.05, 3.63) is 58.1 Å². The second-order valence-corrected chi connectivity index (χ2v) is 7.65. The molecule has 2 aromatic carbocycles. The Balaban J connectivity index is 1.82. The lowest BCUT2D eigenvalue weighted by Gasteiger charge is -2.01. The Labute approximate surface area is 147 Å². The molecule has 0 saturated carbocycles. The molecule has 0 aliphatic heterocycles. The number of nitrogens with zero attached hydrogens (tertiary/aromatic N) is 2. The normalized spacial score (nSPS) is 12.1. The first-order chi connectivity index (χ1) is 11.4. The molecule has 1 heterocycles. The van der Waals surface area contributed by atoms with Crippen LogP contribution in [0.3, 0.4) is 0 Å². The number of halogens is 1. The van der Waals surface area contributed by atoms with Crippen LogP contribution in [-0.4, -0.2) is 16.2 Å². The summed E-state index contributed by atoms with van der Waals surface area (Å²) in [4.78, 5) is 17.9. The Morgan fingerprint density at radius 1 is 1.21 bits per heavy atom. The minimum Gasteiger partial charge on any atom is -0.319 e. The molecular formula is C18H17FN2OS2. The number of hydrogen-bond donors (Lipinski definition) is 0. The van der Waals surface area contributed by atoms with E-state index < -0.39 is 0 Å². The van der Waals surface area contributed by atoms with E-state index in [0.717, 1.165) is 15.1 Å². The number of benzene rings is 2. The molecular weight excluding hydrogens is 343 g/mol. The largest absolute Gasteiger partial charge is 0.319 e. The Hall–Kier alpha value is -1.92. The number of amides is 1. The van der Waals surface area contributed by atoms with Gasteiger partial charge in [0, 0.05) is 11.9 Å². The number of aryl methyl sites for hydroxylation is 3. The SMILES string of the molecule is Cc1cc2sc(=NC(=O)CSc3ccc(F)cc3)n(C)c2cc1C. The van der Waals surface area contributed by atoms with Crippen LogP contribution in [0.15, 0.2) is 46.3 Å². The molecule has 0 aliphatic rings. The number of fused-ring (bicyclic) bond motifs is 1. The molecule has 6 heteroatoms. The molecule has 3 rings (SSSR count). The van der Waals surface area contributed by atoms with Gasteiger partial charge in [-0.05, 0) is 61.4 Å². The summed E-state index contributed by atoms with van der Waals surface area (Å²) < 4.78 is 16.0. The van der Waals surface area contributed by atoms with Crippen LogP contribution in [0.5, 0.6) is 0 Å². The average Bonchev–Trinajstić information content (AvgIpc) is 2.83. The Kier molecular flexibility index (Phi) is 4.87. The average molecular weight is 360 g/mol. The molecule has 1 aromatic heterocycles. The molecule has 124 valence electrons. The maximum absolute atomic E-state index is 12.9. The van der Waals surface area contributed by atoms with E-state index >= 15 is 0 Å². The zero-order valence-electron chi connectivity index (χ0n) is 13.7. The van der Waals surface area contributed by atoms with Crippen LogP contribution in [0.25, 0.3) is 10.2 Å². The van der Waals surface area contributed by atoms with E-state index in [1.807, 2.05) is 11.6 Å². The maximum Gasteiger partial charge on any atom is 0.258 e. The lowest BCUT2D eigenvalue weighted by Crippen LogP contribution is -2.14. The minimum absolute atomic E-state index is 0.195. The Morgan fingerprint density at radius 2 is 1.88 bits per heavy atom. The monoisotopic (exact) mass is 360 g/mol. The van der Waals surface area contributed by atoms with E-state index in [0.29, 0.717) is 4.80 Å². The summed E-state index contributed by atoms with van der Waals surface area (Å²) >= 11 is 2.87. The van der Waals surface area contributed by atoms with E-state index in [2.05, 4.69) is 31.0 Å². The second kappa shape index (κ2) is 6.91. The van der Waals surface area contributed by atoms with Gasteiger partial charge < -0.3 is 4.57 Å². The molecule has 0 bridgehead atoms. The van der Waals surface area contributed by atoms with Crippen molar-refractivity contribution in [2.24, 2.45) is 12.0 Å². The van der Waals surface area contributed by atoms with E-state index in [1.165, 1.54) is 46.4 Å². The minimum atomic E-state index is -0.279. The summed E-state index contributed by atoms with van der Waals surface area (Å²) in [6.45, 7) is 4.16. The van der Waals surface area contributed by atoms with Gasteiger partial charge in [0.05, 0.1) is 16.0 Å². The van der Waals surface area contributed by atoms with Gasteiger partial charge in [-0.25, -0.2) is 4.39 Å². The van der Waals surface area contributed by atoms with Gasteiger partial charge in [-0.1, -0.05) is 11.3 Å². The van der Waals surface area contributed by atoms with Crippen molar-refractivity contribution in [2.75, 3.05) is 5.75 Å². The van der Waals surface area contributed by atoms with Crippen molar-refractivity contribution in [3.63, 3.8) is 0 Å². The third kappa shape index (κ3) is 3.60. The van der Waals surface area contributed by atoms with Gasteiger partial charge in [-0.3, -0.25) is 4.79 Å². The quantitative estimate of drug-likeness (QED) is 0.656. The van der Waals surface area contributed by atoms with Crippen LogP contribution >= 0.6 is 23.1 Å². The Morgan fingerprint density at radius 3 is 2.58 bits per heavy atom. The lowest BCUT2D eigenvalue weighted by molar-refractivity contribution is -0.115. The molecule has 0 radical (unpaired) electrons. The fraction of sp³-hybridized carbons (Fsp3) is 0.222. The summed E-state index contributed by atoms with van der Waals surface area (Å²) in [6, 6.07) is 10.4. The zero-order chi connectivity index (χ0) is 17.3. The summed E-state index contributed by atoms with van der Waals surface area (Å²) in [5, 5.41) is 0. The van der Waals surface area contributed by atoms with Crippen LogP contribution in [0.1, 0.15) is 11.1 Å². The van der Waals surface area contributed by atoms with Crippen LogP contribution in [0, 0.1) is 19.7 Å². The van der Waals surface area contributed by atoms with E-state index in [4.69, 9.17) is 0 Å². The number of thiazole rings is 1.